The summed E-state index contributed by atoms with van der Waals surface area (Å²) in [5.74, 6) is 0.839. The van der Waals surface area contributed by atoms with E-state index in [1.807, 2.05) is 32.2 Å². The van der Waals surface area contributed by atoms with Gasteiger partial charge in [-0.3, -0.25) is 9.69 Å². The first-order valence-electron chi connectivity index (χ1n) is 8.09. The zero-order chi connectivity index (χ0) is 16.2. The molecule has 124 valence electrons. The van der Waals surface area contributed by atoms with Crippen molar-refractivity contribution in [1.29, 1.82) is 0 Å². The molecular weight excluding hydrogens is 294 g/mol. The number of pyridine rings is 1. The quantitative estimate of drug-likeness (QED) is 0.762. The van der Waals surface area contributed by atoms with Crippen LogP contribution in [0.15, 0.2) is 24.5 Å². The van der Waals surface area contributed by atoms with Crippen LogP contribution in [0.25, 0.3) is 5.52 Å². The zero-order valence-corrected chi connectivity index (χ0v) is 13.7. The third-order valence-electron chi connectivity index (χ3n) is 4.06. The highest BCUT2D eigenvalue weighted by atomic mass is 16.5. The molecule has 0 bridgehead atoms. The third kappa shape index (κ3) is 3.71. The van der Waals surface area contributed by atoms with Crippen LogP contribution in [-0.2, 0) is 4.74 Å². The molecule has 0 aromatic carbocycles. The Bertz CT molecular complexity index is 675. The molecule has 6 heteroatoms. The number of fused-ring (bicyclic) bond motifs is 1. The molecule has 1 fully saturated rings. The van der Waals surface area contributed by atoms with Gasteiger partial charge in [0, 0.05) is 25.6 Å². The van der Waals surface area contributed by atoms with Gasteiger partial charge in [-0.25, -0.2) is 4.52 Å². The second kappa shape index (κ2) is 7.10. The maximum Gasteiger partial charge on any atom is 0.169 e. The Labute approximate surface area is 136 Å². The van der Waals surface area contributed by atoms with Crippen LogP contribution in [0.5, 0.6) is 5.75 Å². The zero-order valence-electron chi connectivity index (χ0n) is 13.7. The van der Waals surface area contributed by atoms with E-state index in [2.05, 4.69) is 10.00 Å². The molecule has 3 heterocycles. The van der Waals surface area contributed by atoms with Crippen LogP contribution in [0, 0.1) is 5.92 Å². The molecule has 1 saturated heterocycles. The number of morpholine rings is 1. The van der Waals surface area contributed by atoms with Crippen LogP contribution in [0.1, 0.15) is 24.2 Å². The average Bonchev–Trinajstić information content (AvgIpc) is 2.98. The molecule has 1 aliphatic rings. The topological polar surface area (TPSA) is 56.1 Å². The fourth-order valence-electron chi connectivity index (χ4n) is 2.67. The van der Waals surface area contributed by atoms with Gasteiger partial charge in [0.1, 0.15) is 12.4 Å². The summed E-state index contributed by atoms with van der Waals surface area (Å²) in [5.41, 5.74) is 1.49. The fraction of sp³-hybridized carbons (Fsp3) is 0.529. The predicted molar refractivity (Wildman–Crippen MR) is 87.1 cm³/mol. The number of ketones is 1. The van der Waals surface area contributed by atoms with E-state index in [4.69, 9.17) is 9.47 Å². The minimum absolute atomic E-state index is 0.0348. The Kier molecular flexibility index (Phi) is 4.93. The van der Waals surface area contributed by atoms with E-state index in [9.17, 15) is 4.79 Å². The summed E-state index contributed by atoms with van der Waals surface area (Å²) in [7, 11) is 0. The average molecular weight is 317 g/mol. The fourth-order valence-corrected chi connectivity index (χ4v) is 2.67. The van der Waals surface area contributed by atoms with Crippen molar-refractivity contribution >= 4 is 11.3 Å². The number of aromatic nitrogens is 2. The van der Waals surface area contributed by atoms with Crippen LogP contribution in [-0.4, -0.2) is 59.8 Å². The molecular formula is C17H23N3O3. The summed E-state index contributed by atoms with van der Waals surface area (Å²) < 4.78 is 12.8. The van der Waals surface area contributed by atoms with Gasteiger partial charge in [-0.2, -0.15) is 5.10 Å². The molecule has 0 amide bonds. The van der Waals surface area contributed by atoms with E-state index >= 15 is 0 Å². The van der Waals surface area contributed by atoms with Gasteiger partial charge >= 0.3 is 0 Å². The number of carbonyl (C=O) groups is 1. The van der Waals surface area contributed by atoms with E-state index in [-0.39, 0.29) is 11.7 Å². The smallest absolute Gasteiger partial charge is 0.169 e. The summed E-state index contributed by atoms with van der Waals surface area (Å²) in [6.45, 7) is 8.83. The van der Waals surface area contributed by atoms with E-state index in [1.54, 1.807) is 10.7 Å². The molecule has 6 nitrogen and oxygen atoms in total. The normalized spacial score (nSPS) is 16.1. The van der Waals surface area contributed by atoms with Crippen molar-refractivity contribution in [1.82, 2.24) is 14.5 Å². The lowest BCUT2D eigenvalue weighted by atomic mass is 10.0. The molecule has 3 rings (SSSR count). The summed E-state index contributed by atoms with van der Waals surface area (Å²) in [6, 6.07) is 3.79. The Hall–Kier alpha value is -1.92. The van der Waals surface area contributed by atoms with Crippen LogP contribution in [0.4, 0.5) is 0 Å². The Morgan fingerprint density at radius 1 is 1.35 bits per heavy atom. The SMILES string of the molecule is CC(C)C(=O)c1cnn2cc(OCCN3CCOCC3)ccc12. The van der Waals surface area contributed by atoms with Gasteiger partial charge in [0.25, 0.3) is 0 Å². The second-order valence-corrected chi connectivity index (χ2v) is 6.07. The number of hydrogen-bond acceptors (Lipinski definition) is 5. The molecule has 0 N–H and O–H groups in total. The number of Topliss-reactive ketones (excluding diaryl/α,β-unsaturated/α-hetero) is 1. The summed E-state index contributed by atoms with van der Waals surface area (Å²) >= 11 is 0. The molecule has 0 atom stereocenters. The minimum atomic E-state index is -0.0348. The number of carbonyl (C=O) groups excluding carboxylic acids is 1. The number of ether oxygens (including phenoxy) is 2. The van der Waals surface area contributed by atoms with Gasteiger partial charge in [-0.15, -0.1) is 0 Å². The van der Waals surface area contributed by atoms with Crippen molar-refractivity contribution in [3.05, 3.63) is 30.1 Å². The molecule has 0 saturated carbocycles. The lowest BCUT2D eigenvalue weighted by molar-refractivity contribution is 0.0322. The molecule has 2 aromatic heterocycles. The highest BCUT2D eigenvalue weighted by Gasteiger charge is 2.16. The van der Waals surface area contributed by atoms with Crippen LogP contribution >= 0.6 is 0 Å². The van der Waals surface area contributed by atoms with Crippen molar-refractivity contribution in [3.8, 4) is 5.75 Å². The van der Waals surface area contributed by atoms with Gasteiger partial charge in [-0.1, -0.05) is 13.8 Å². The number of rotatable bonds is 6. The minimum Gasteiger partial charge on any atom is -0.491 e. The van der Waals surface area contributed by atoms with Crippen molar-refractivity contribution in [2.45, 2.75) is 13.8 Å². The van der Waals surface area contributed by atoms with Crippen LogP contribution in [0.3, 0.4) is 0 Å². The molecule has 0 spiro atoms. The second-order valence-electron chi connectivity index (χ2n) is 6.07. The highest BCUT2D eigenvalue weighted by molar-refractivity contribution is 6.03. The first kappa shape index (κ1) is 16.0. The molecule has 0 radical (unpaired) electrons. The van der Waals surface area contributed by atoms with Gasteiger partial charge < -0.3 is 9.47 Å². The van der Waals surface area contributed by atoms with E-state index < -0.39 is 0 Å². The monoisotopic (exact) mass is 317 g/mol. The molecule has 2 aromatic rings. The van der Waals surface area contributed by atoms with Crippen molar-refractivity contribution < 1.29 is 14.3 Å². The van der Waals surface area contributed by atoms with Crippen LogP contribution < -0.4 is 4.74 Å². The van der Waals surface area contributed by atoms with E-state index in [0.717, 1.165) is 44.1 Å². The highest BCUT2D eigenvalue weighted by Crippen LogP contribution is 2.19. The van der Waals surface area contributed by atoms with Gasteiger partial charge in [-0.05, 0) is 12.1 Å². The first-order chi connectivity index (χ1) is 11.1. The molecule has 0 aliphatic carbocycles. The van der Waals surface area contributed by atoms with Crippen molar-refractivity contribution in [2.24, 2.45) is 5.92 Å². The number of nitrogens with zero attached hydrogens (tertiary/aromatic N) is 3. The summed E-state index contributed by atoms with van der Waals surface area (Å²) in [5, 5.41) is 4.27. The standard InChI is InChI=1S/C17H23N3O3/c1-13(2)17(21)15-11-18-20-12-14(3-4-16(15)20)23-10-7-19-5-8-22-9-6-19/h3-4,11-13H,5-10H2,1-2H3. The maximum atomic E-state index is 12.2. The van der Waals surface area contributed by atoms with E-state index in [0.29, 0.717) is 12.2 Å². The van der Waals surface area contributed by atoms with Gasteiger partial charge in [0.15, 0.2) is 5.78 Å². The summed E-state index contributed by atoms with van der Waals surface area (Å²) in [6.07, 6.45) is 3.46. The lowest BCUT2D eigenvalue weighted by Crippen LogP contribution is -2.38. The predicted octanol–water partition coefficient (Wildman–Crippen LogP) is 1.88. The first-order valence-corrected chi connectivity index (χ1v) is 8.09. The largest absolute Gasteiger partial charge is 0.491 e. The lowest BCUT2D eigenvalue weighted by Gasteiger charge is -2.26. The Balaban J connectivity index is 1.63. The van der Waals surface area contributed by atoms with Crippen LogP contribution in [0.2, 0.25) is 0 Å². The van der Waals surface area contributed by atoms with Gasteiger partial charge in [0.05, 0.1) is 36.7 Å². The van der Waals surface area contributed by atoms with Crippen molar-refractivity contribution in [2.75, 3.05) is 39.5 Å². The van der Waals surface area contributed by atoms with Gasteiger partial charge in [0.2, 0.25) is 0 Å². The molecule has 23 heavy (non-hydrogen) atoms. The number of hydrogen-bond donors (Lipinski definition) is 0. The van der Waals surface area contributed by atoms with Crippen molar-refractivity contribution in [3.63, 3.8) is 0 Å². The maximum absolute atomic E-state index is 12.2. The third-order valence-corrected chi connectivity index (χ3v) is 4.06. The molecule has 0 unspecified atom stereocenters. The summed E-state index contributed by atoms with van der Waals surface area (Å²) in [4.78, 5) is 14.5. The van der Waals surface area contributed by atoms with E-state index in [1.165, 1.54) is 0 Å². The molecule has 1 aliphatic heterocycles. The Morgan fingerprint density at radius 2 is 2.13 bits per heavy atom. The Morgan fingerprint density at radius 3 is 2.87 bits per heavy atom.